The van der Waals surface area contributed by atoms with Gasteiger partial charge in [-0.05, 0) is 29.8 Å². The molecule has 2 aliphatic rings. The summed E-state index contributed by atoms with van der Waals surface area (Å²) < 4.78 is 10.7. The molecule has 0 bridgehead atoms. The van der Waals surface area contributed by atoms with Crippen molar-refractivity contribution in [2.24, 2.45) is 4.99 Å². The Hall–Kier alpha value is -2.49. The van der Waals surface area contributed by atoms with Gasteiger partial charge < -0.3 is 25.0 Å². The van der Waals surface area contributed by atoms with E-state index < -0.39 is 0 Å². The number of nitrogens with one attached hydrogen (secondary N) is 2. The second-order valence-corrected chi connectivity index (χ2v) is 6.50. The Morgan fingerprint density at radius 3 is 2.75 bits per heavy atom. The van der Waals surface area contributed by atoms with Crippen molar-refractivity contribution in [3.63, 3.8) is 0 Å². The number of para-hydroxylation sites is 1. The van der Waals surface area contributed by atoms with Crippen LogP contribution in [-0.2, 0) is 11.3 Å². The van der Waals surface area contributed by atoms with Gasteiger partial charge in [-0.25, -0.2) is 0 Å². The molecular weight excluding hydrogens is 471 g/mol. The van der Waals surface area contributed by atoms with Gasteiger partial charge in [0.1, 0.15) is 0 Å². The predicted molar refractivity (Wildman–Crippen MR) is 119 cm³/mol. The number of nitrogens with zero attached hydrogens (tertiary/aromatic N) is 2. The van der Waals surface area contributed by atoms with E-state index in [2.05, 4.69) is 15.6 Å². The smallest absolute Gasteiger partial charge is 0.231 e. The van der Waals surface area contributed by atoms with Crippen LogP contribution in [0.15, 0.2) is 53.5 Å². The van der Waals surface area contributed by atoms with Crippen LogP contribution in [0.25, 0.3) is 0 Å². The number of benzene rings is 2. The fraction of sp³-hybridized carbons (Fsp3) is 0.300. The maximum absolute atomic E-state index is 12.3. The molecule has 1 saturated heterocycles. The molecule has 0 aromatic heterocycles. The van der Waals surface area contributed by atoms with Crippen LogP contribution in [0.4, 0.5) is 5.69 Å². The van der Waals surface area contributed by atoms with E-state index in [0.717, 1.165) is 22.7 Å². The number of rotatable bonds is 4. The Balaban J connectivity index is 0.00000225. The van der Waals surface area contributed by atoms with Gasteiger partial charge in [0.2, 0.25) is 12.7 Å². The van der Waals surface area contributed by atoms with Gasteiger partial charge in [0.25, 0.3) is 0 Å². The summed E-state index contributed by atoms with van der Waals surface area (Å²) in [5, 5.41) is 6.62. The summed E-state index contributed by atoms with van der Waals surface area (Å²) in [7, 11) is 1.72. The third kappa shape index (κ3) is 4.49. The number of hydrogen-bond acceptors (Lipinski definition) is 4. The van der Waals surface area contributed by atoms with E-state index >= 15 is 0 Å². The van der Waals surface area contributed by atoms with Crippen molar-refractivity contribution in [2.75, 3.05) is 25.3 Å². The van der Waals surface area contributed by atoms with Crippen LogP contribution in [0, 0.1) is 0 Å². The summed E-state index contributed by atoms with van der Waals surface area (Å²) in [6.07, 6.45) is 0.444. The molecule has 2 N–H and O–H groups in total. The van der Waals surface area contributed by atoms with E-state index in [4.69, 9.17) is 9.47 Å². The second-order valence-electron chi connectivity index (χ2n) is 6.50. The zero-order chi connectivity index (χ0) is 18.6. The van der Waals surface area contributed by atoms with Crippen molar-refractivity contribution in [3.05, 3.63) is 54.1 Å². The average molecular weight is 494 g/mol. The number of anilines is 1. The number of ether oxygens (including phenoxy) is 2. The Morgan fingerprint density at radius 2 is 1.96 bits per heavy atom. The maximum atomic E-state index is 12.3. The van der Waals surface area contributed by atoms with Crippen LogP contribution >= 0.6 is 24.0 Å². The Morgan fingerprint density at radius 1 is 1.18 bits per heavy atom. The number of hydrogen-bond donors (Lipinski definition) is 2. The van der Waals surface area contributed by atoms with Crippen LogP contribution in [0.5, 0.6) is 11.5 Å². The molecular formula is C20H23IN4O3. The highest BCUT2D eigenvalue weighted by Gasteiger charge is 2.31. The molecule has 2 heterocycles. The highest BCUT2D eigenvalue weighted by Crippen LogP contribution is 2.32. The van der Waals surface area contributed by atoms with Gasteiger partial charge in [-0.3, -0.25) is 9.79 Å². The average Bonchev–Trinajstić information content (AvgIpc) is 3.31. The number of guanidine groups is 1. The first-order valence-corrected chi connectivity index (χ1v) is 8.94. The fourth-order valence-corrected chi connectivity index (χ4v) is 3.29. The summed E-state index contributed by atoms with van der Waals surface area (Å²) >= 11 is 0. The Kier molecular flexibility index (Phi) is 6.61. The van der Waals surface area contributed by atoms with Crippen molar-refractivity contribution in [1.29, 1.82) is 0 Å². The lowest BCUT2D eigenvalue weighted by molar-refractivity contribution is -0.117. The molecule has 8 heteroatoms. The molecule has 0 radical (unpaired) electrons. The zero-order valence-electron chi connectivity index (χ0n) is 15.6. The first-order chi connectivity index (χ1) is 13.2. The van der Waals surface area contributed by atoms with Crippen molar-refractivity contribution in [2.45, 2.75) is 19.0 Å². The number of carbonyl (C=O) groups excluding carboxylic acids is 1. The van der Waals surface area contributed by atoms with Crippen molar-refractivity contribution >= 4 is 41.5 Å². The van der Waals surface area contributed by atoms with Gasteiger partial charge in [-0.1, -0.05) is 24.3 Å². The lowest BCUT2D eigenvalue weighted by Gasteiger charge is -2.19. The largest absolute Gasteiger partial charge is 0.454 e. The van der Waals surface area contributed by atoms with E-state index in [0.29, 0.717) is 25.5 Å². The SMILES string of the molecule is CN=C(NCc1ccc2c(c1)OCO2)NC1CC(=O)N(c2ccccc2)C1.I. The van der Waals surface area contributed by atoms with E-state index in [9.17, 15) is 4.79 Å². The van der Waals surface area contributed by atoms with Crippen LogP contribution in [0.3, 0.4) is 0 Å². The first-order valence-electron chi connectivity index (χ1n) is 8.94. The predicted octanol–water partition coefficient (Wildman–Crippen LogP) is 2.50. The van der Waals surface area contributed by atoms with Crippen LogP contribution in [0.1, 0.15) is 12.0 Å². The number of carbonyl (C=O) groups is 1. The molecule has 2 aromatic rings. The normalized spacial score (nSPS) is 18.0. The molecule has 148 valence electrons. The lowest BCUT2D eigenvalue weighted by atomic mass is 10.2. The van der Waals surface area contributed by atoms with Gasteiger partial charge in [0.15, 0.2) is 17.5 Å². The molecule has 0 spiro atoms. The highest BCUT2D eigenvalue weighted by atomic mass is 127. The minimum atomic E-state index is 0. The monoisotopic (exact) mass is 494 g/mol. The minimum Gasteiger partial charge on any atom is -0.454 e. The maximum Gasteiger partial charge on any atom is 0.231 e. The molecule has 2 aliphatic heterocycles. The molecule has 28 heavy (non-hydrogen) atoms. The van der Waals surface area contributed by atoms with Crippen LogP contribution in [0.2, 0.25) is 0 Å². The van der Waals surface area contributed by atoms with E-state index in [-0.39, 0.29) is 42.7 Å². The molecule has 1 fully saturated rings. The third-order valence-electron chi connectivity index (χ3n) is 4.65. The fourth-order valence-electron chi connectivity index (χ4n) is 3.29. The van der Waals surface area contributed by atoms with Crippen molar-refractivity contribution in [3.8, 4) is 11.5 Å². The van der Waals surface area contributed by atoms with Gasteiger partial charge in [0.05, 0.1) is 6.04 Å². The molecule has 0 aliphatic carbocycles. The van der Waals surface area contributed by atoms with Crippen molar-refractivity contribution in [1.82, 2.24) is 10.6 Å². The van der Waals surface area contributed by atoms with Gasteiger partial charge in [-0.2, -0.15) is 0 Å². The Labute approximate surface area is 181 Å². The van der Waals surface area contributed by atoms with Gasteiger partial charge in [0, 0.05) is 32.2 Å². The van der Waals surface area contributed by atoms with Crippen LogP contribution in [-0.4, -0.2) is 38.3 Å². The number of aliphatic imine (C=N–C) groups is 1. The standard InChI is InChI=1S/C20H22N4O3.HI/c1-21-20(22-11-14-7-8-17-18(9-14)27-13-26-17)23-15-10-19(25)24(12-15)16-5-3-2-4-6-16;/h2-9,15H,10-13H2,1H3,(H2,21,22,23);1H. The van der Waals surface area contributed by atoms with Gasteiger partial charge in [-0.15, -0.1) is 24.0 Å². The number of halogens is 1. The molecule has 1 unspecified atom stereocenters. The molecule has 1 atom stereocenters. The van der Waals surface area contributed by atoms with E-state index in [1.54, 1.807) is 7.05 Å². The van der Waals surface area contributed by atoms with Gasteiger partial charge >= 0.3 is 0 Å². The van der Waals surface area contributed by atoms with E-state index in [1.807, 2.05) is 53.4 Å². The molecule has 2 aromatic carbocycles. The highest BCUT2D eigenvalue weighted by molar-refractivity contribution is 14.0. The molecule has 4 rings (SSSR count). The van der Waals surface area contributed by atoms with Crippen LogP contribution < -0.4 is 25.0 Å². The summed E-state index contributed by atoms with van der Waals surface area (Å²) in [6.45, 7) is 1.48. The lowest BCUT2D eigenvalue weighted by Crippen LogP contribution is -2.44. The Bertz CT molecular complexity index is 860. The molecule has 1 amide bonds. The first kappa shape index (κ1) is 20.2. The van der Waals surface area contributed by atoms with Crippen molar-refractivity contribution < 1.29 is 14.3 Å². The second kappa shape index (κ2) is 9.13. The van der Waals surface area contributed by atoms with E-state index in [1.165, 1.54) is 0 Å². The topological polar surface area (TPSA) is 75.2 Å². The summed E-state index contributed by atoms with van der Waals surface area (Å²) in [4.78, 5) is 18.4. The summed E-state index contributed by atoms with van der Waals surface area (Å²) in [5.74, 6) is 2.31. The minimum absolute atomic E-state index is 0. The quantitative estimate of drug-likeness (QED) is 0.388. The third-order valence-corrected chi connectivity index (χ3v) is 4.65. The molecule has 7 nitrogen and oxygen atoms in total. The summed E-state index contributed by atoms with van der Waals surface area (Å²) in [5.41, 5.74) is 1.99. The summed E-state index contributed by atoms with van der Waals surface area (Å²) in [6, 6.07) is 15.6. The molecule has 0 saturated carbocycles. The number of amides is 1. The number of fused-ring (bicyclic) bond motifs is 1. The zero-order valence-corrected chi connectivity index (χ0v) is 17.9.